The molecule has 7 heteroatoms. The fourth-order valence-electron chi connectivity index (χ4n) is 1.94. The summed E-state index contributed by atoms with van der Waals surface area (Å²) in [5.41, 5.74) is 4.07. The average Bonchev–Trinajstić information content (AvgIpc) is 2.65. The Balaban J connectivity index is 1.89. The van der Waals surface area contributed by atoms with Crippen LogP contribution in [0.3, 0.4) is 0 Å². The first kappa shape index (κ1) is 19.0. The van der Waals surface area contributed by atoms with Crippen LogP contribution >= 0.6 is 22.6 Å². The summed E-state index contributed by atoms with van der Waals surface area (Å²) in [4.78, 5) is 11.9. The van der Waals surface area contributed by atoms with Gasteiger partial charge in [-0.2, -0.15) is 5.10 Å². The molecule has 0 aliphatic heterocycles. The Morgan fingerprint density at radius 2 is 1.72 bits per heavy atom. The Labute approximate surface area is 160 Å². The fraction of sp³-hybridized carbons (Fsp3) is 0.222. The topological polar surface area (TPSA) is 69.2 Å². The van der Waals surface area contributed by atoms with Crippen LogP contribution in [0.4, 0.5) is 0 Å². The summed E-state index contributed by atoms with van der Waals surface area (Å²) in [5.74, 6) is 1.79. The molecule has 132 valence electrons. The molecule has 0 unspecified atom stereocenters. The zero-order chi connectivity index (χ0) is 18.2. The minimum absolute atomic E-state index is 0.123. The lowest BCUT2D eigenvalue weighted by Gasteiger charge is -2.09. The van der Waals surface area contributed by atoms with Gasteiger partial charge in [-0.25, -0.2) is 5.43 Å². The molecule has 0 spiro atoms. The van der Waals surface area contributed by atoms with Crippen LogP contribution in [0.5, 0.6) is 17.2 Å². The van der Waals surface area contributed by atoms with Crippen LogP contribution in [0.25, 0.3) is 0 Å². The van der Waals surface area contributed by atoms with Gasteiger partial charge in [0.15, 0.2) is 6.61 Å². The van der Waals surface area contributed by atoms with E-state index in [0.29, 0.717) is 11.5 Å². The van der Waals surface area contributed by atoms with Crippen LogP contribution in [-0.4, -0.2) is 32.4 Å². The molecule has 0 aromatic heterocycles. The van der Waals surface area contributed by atoms with Crippen molar-refractivity contribution < 1.29 is 19.0 Å². The smallest absolute Gasteiger partial charge is 0.277 e. The molecule has 0 aliphatic rings. The number of nitrogens with zero attached hydrogens (tertiary/aromatic N) is 1. The third-order valence-corrected chi connectivity index (χ3v) is 4.20. The van der Waals surface area contributed by atoms with E-state index in [0.717, 1.165) is 20.6 Å². The predicted octanol–water partition coefficient (Wildman–Crippen LogP) is 3.23. The molecule has 2 aromatic rings. The van der Waals surface area contributed by atoms with Crippen molar-refractivity contribution in [3.05, 3.63) is 51.6 Å². The summed E-state index contributed by atoms with van der Waals surface area (Å²) in [5, 5.41) is 4.09. The molecule has 0 heterocycles. The van der Waals surface area contributed by atoms with E-state index in [1.54, 1.807) is 26.4 Å². The number of amides is 1. The van der Waals surface area contributed by atoms with Gasteiger partial charge in [-0.05, 0) is 77.5 Å². The van der Waals surface area contributed by atoms with Crippen molar-refractivity contribution in [3.63, 3.8) is 0 Å². The van der Waals surface area contributed by atoms with Gasteiger partial charge in [0.2, 0.25) is 0 Å². The predicted molar refractivity (Wildman–Crippen MR) is 105 cm³/mol. The van der Waals surface area contributed by atoms with E-state index in [1.807, 2.05) is 37.3 Å². The molecule has 0 fully saturated rings. The van der Waals surface area contributed by atoms with Crippen LogP contribution in [0.15, 0.2) is 47.6 Å². The van der Waals surface area contributed by atoms with E-state index in [2.05, 4.69) is 33.1 Å². The molecule has 0 radical (unpaired) electrons. The van der Waals surface area contributed by atoms with E-state index in [9.17, 15) is 4.79 Å². The minimum atomic E-state index is -0.334. The SMILES string of the molecule is COc1ccc(/C(C)=N/NC(=O)COc2ccc(OC)cc2I)cc1. The number of rotatable bonds is 7. The molecule has 2 rings (SSSR count). The van der Waals surface area contributed by atoms with Gasteiger partial charge in [0.25, 0.3) is 5.91 Å². The zero-order valence-corrected chi connectivity index (χ0v) is 16.4. The van der Waals surface area contributed by atoms with Gasteiger partial charge in [0, 0.05) is 0 Å². The summed E-state index contributed by atoms with van der Waals surface area (Å²) in [7, 11) is 3.21. The maximum atomic E-state index is 11.9. The van der Waals surface area contributed by atoms with Gasteiger partial charge >= 0.3 is 0 Å². The van der Waals surface area contributed by atoms with E-state index in [1.165, 1.54) is 0 Å². The van der Waals surface area contributed by atoms with Crippen molar-refractivity contribution in [2.24, 2.45) is 5.10 Å². The van der Waals surface area contributed by atoms with Crippen LogP contribution in [0.1, 0.15) is 12.5 Å². The molecule has 0 atom stereocenters. The van der Waals surface area contributed by atoms with Crippen LogP contribution in [0.2, 0.25) is 0 Å². The number of hydrogen-bond donors (Lipinski definition) is 1. The normalized spacial score (nSPS) is 11.0. The number of methoxy groups -OCH3 is 2. The molecular weight excluding hydrogens is 435 g/mol. The molecule has 25 heavy (non-hydrogen) atoms. The second-order valence-electron chi connectivity index (χ2n) is 5.05. The van der Waals surface area contributed by atoms with Crippen molar-refractivity contribution in [3.8, 4) is 17.2 Å². The number of carbonyl (C=O) groups excluding carboxylic acids is 1. The van der Waals surface area contributed by atoms with Crippen LogP contribution < -0.4 is 19.6 Å². The number of carbonyl (C=O) groups is 1. The maximum absolute atomic E-state index is 11.9. The van der Waals surface area contributed by atoms with E-state index in [-0.39, 0.29) is 12.5 Å². The second-order valence-corrected chi connectivity index (χ2v) is 6.21. The Hall–Kier alpha value is -2.29. The molecule has 0 saturated heterocycles. The third-order valence-electron chi connectivity index (χ3n) is 3.35. The largest absolute Gasteiger partial charge is 0.497 e. The third kappa shape index (κ3) is 5.63. The molecule has 0 bridgehead atoms. The monoisotopic (exact) mass is 454 g/mol. The molecule has 0 aliphatic carbocycles. The highest BCUT2D eigenvalue weighted by atomic mass is 127. The first-order valence-electron chi connectivity index (χ1n) is 7.47. The summed E-state index contributed by atoms with van der Waals surface area (Å²) >= 11 is 2.13. The quantitative estimate of drug-likeness (QED) is 0.397. The van der Waals surface area contributed by atoms with E-state index >= 15 is 0 Å². The average molecular weight is 454 g/mol. The number of hydrogen-bond acceptors (Lipinski definition) is 5. The van der Waals surface area contributed by atoms with Crippen LogP contribution in [0, 0.1) is 3.57 Å². The second kappa shape index (κ2) is 9.26. The minimum Gasteiger partial charge on any atom is -0.497 e. The maximum Gasteiger partial charge on any atom is 0.277 e. The van der Waals surface area contributed by atoms with Crippen LogP contribution in [-0.2, 0) is 4.79 Å². The number of hydrazone groups is 1. The highest BCUT2D eigenvalue weighted by molar-refractivity contribution is 14.1. The van der Waals surface area contributed by atoms with Gasteiger partial charge in [0.1, 0.15) is 17.2 Å². The molecule has 2 aromatic carbocycles. The lowest BCUT2D eigenvalue weighted by Crippen LogP contribution is -2.25. The lowest BCUT2D eigenvalue weighted by molar-refractivity contribution is -0.123. The Morgan fingerprint density at radius 1 is 1.08 bits per heavy atom. The van der Waals surface area contributed by atoms with Crippen molar-refractivity contribution >= 4 is 34.2 Å². The number of halogens is 1. The molecule has 0 saturated carbocycles. The number of ether oxygens (including phenoxy) is 3. The molecular formula is C18H19IN2O4. The van der Waals surface area contributed by atoms with E-state index in [4.69, 9.17) is 14.2 Å². The van der Waals surface area contributed by atoms with Gasteiger partial charge < -0.3 is 14.2 Å². The van der Waals surface area contributed by atoms with Gasteiger partial charge in [0.05, 0.1) is 23.5 Å². The highest BCUT2D eigenvalue weighted by Crippen LogP contribution is 2.25. The summed E-state index contributed by atoms with van der Waals surface area (Å²) < 4.78 is 16.6. The number of benzene rings is 2. The van der Waals surface area contributed by atoms with Crippen molar-refractivity contribution in [2.75, 3.05) is 20.8 Å². The molecule has 1 N–H and O–H groups in total. The Kier molecular flexibility index (Phi) is 7.05. The lowest BCUT2D eigenvalue weighted by atomic mass is 10.1. The fourth-order valence-corrected chi connectivity index (χ4v) is 2.59. The summed E-state index contributed by atoms with van der Waals surface area (Å²) in [6, 6.07) is 12.8. The zero-order valence-electron chi connectivity index (χ0n) is 14.2. The van der Waals surface area contributed by atoms with E-state index < -0.39 is 0 Å². The first-order valence-corrected chi connectivity index (χ1v) is 8.55. The van der Waals surface area contributed by atoms with Crippen molar-refractivity contribution in [1.82, 2.24) is 5.43 Å². The van der Waals surface area contributed by atoms with Gasteiger partial charge in [-0.15, -0.1) is 0 Å². The highest BCUT2D eigenvalue weighted by Gasteiger charge is 2.07. The Bertz CT molecular complexity index is 760. The molecule has 6 nitrogen and oxygen atoms in total. The van der Waals surface area contributed by atoms with Gasteiger partial charge in [-0.1, -0.05) is 0 Å². The first-order chi connectivity index (χ1) is 12.0. The molecule has 1 amide bonds. The van der Waals surface area contributed by atoms with Crippen molar-refractivity contribution in [2.45, 2.75) is 6.92 Å². The standard InChI is InChI=1S/C18H19IN2O4/c1-12(13-4-6-14(23-2)7-5-13)20-21-18(22)11-25-17-9-8-15(24-3)10-16(17)19/h4-10H,11H2,1-3H3,(H,21,22)/b20-12+. The van der Waals surface area contributed by atoms with Gasteiger partial charge in [-0.3, -0.25) is 4.79 Å². The Morgan fingerprint density at radius 3 is 2.32 bits per heavy atom. The summed E-state index contributed by atoms with van der Waals surface area (Å²) in [6.07, 6.45) is 0. The van der Waals surface area contributed by atoms with Crippen molar-refractivity contribution in [1.29, 1.82) is 0 Å². The number of nitrogens with one attached hydrogen (secondary N) is 1. The summed E-state index contributed by atoms with van der Waals surface area (Å²) in [6.45, 7) is 1.69.